The molecule has 102 heavy (non-hydrogen) atoms. The summed E-state index contributed by atoms with van der Waals surface area (Å²) in [4.78, 5) is 193. The van der Waals surface area contributed by atoms with Crippen molar-refractivity contribution in [2.45, 2.75) is 193 Å². The summed E-state index contributed by atoms with van der Waals surface area (Å²) in [6.45, 7) is 13.7. The third-order valence-electron chi connectivity index (χ3n) is 15.4. The molecule has 0 radical (unpaired) electrons. The van der Waals surface area contributed by atoms with Crippen molar-refractivity contribution < 1.29 is 102 Å². The molecule has 3 rings (SSSR count). The van der Waals surface area contributed by atoms with E-state index in [1.165, 1.54) is 44.2 Å². The van der Waals surface area contributed by atoms with E-state index in [1.807, 2.05) is 10.6 Å². The standard InChI is InChI=1S/C62H97N15O17.2C2H4O2/c1-10-33(8)43-57(89)75-44(34(9)79)56(88)68-28-42(80)73-46(49(82)51(64)83)59(91)72-41(29-78)61(93)94-50(36-20-15-12-16-21-36)47(77-55(87)40(25-31(4)5)70-52(84)37(27-63)26-35-18-13-11-14-19-35)60(92)76-45(48(81)32(6)7)58(90)71-39(24-30(2)3)54(86)69-38(53(85)74-43)22-17-23-67-62(65)66;2*1-2(3)4/h11-16,18-21,30-34,37-41,43-50,78-79,81-82H,10,17,22-29,63H2,1-9H3,(H2,64,83)(H,68,88)(H,69,86)(H,70,84)(H,71,90)(H,72,91)(H,73,80)(H,74,85)(H,75,89)(H,76,92)(H,77,87)(H4,65,66,67);2*1H3,(H,3,4)/t33-,34-,37+,38+,39-,40-,41-,43-,44-,45-,46-,47-,48+,49-,50+;;/m0../s1. The van der Waals surface area contributed by atoms with Crippen molar-refractivity contribution in [3.8, 4) is 0 Å². The number of ether oxygens (including phenoxy) is 1. The van der Waals surface area contributed by atoms with E-state index in [1.54, 1.807) is 71.9 Å². The molecule has 11 amide bonds. The fourth-order valence-electron chi connectivity index (χ4n) is 9.83. The number of esters is 1. The minimum Gasteiger partial charge on any atom is -0.481 e. The maximum absolute atomic E-state index is 15.5. The Balaban J connectivity index is 0.00000615. The number of primary amides is 1. The van der Waals surface area contributed by atoms with Crippen molar-refractivity contribution in [2.75, 3.05) is 26.2 Å². The van der Waals surface area contributed by atoms with Crippen LogP contribution in [0.15, 0.2) is 65.7 Å². The van der Waals surface area contributed by atoms with E-state index in [0.29, 0.717) is 0 Å². The van der Waals surface area contributed by atoms with Crippen LogP contribution in [-0.4, -0.2) is 218 Å². The summed E-state index contributed by atoms with van der Waals surface area (Å²) in [6, 6.07) is -0.805. The van der Waals surface area contributed by atoms with E-state index in [9.17, 15) is 68.4 Å². The minimum absolute atomic E-state index is 0.0435. The third-order valence-corrected chi connectivity index (χ3v) is 15.4. The van der Waals surface area contributed by atoms with Crippen molar-refractivity contribution >= 4 is 88.8 Å². The largest absolute Gasteiger partial charge is 0.481 e. The maximum Gasteiger partial charge on any atom is 0.331 e. The number of aliphatic carboxylic acids is 2. The lowest BCUT2D eigenvalue weighted by Gasteiger charge is -2.34. The number of guanidine groups is 1. The number of benzene rings is 2. The number of amides is 11. The molecule has 570 valence electrons. The number of aliphatic hydroxyl groups excluding tert-OH is 4. The SMILES string of the molecule is CC(=O)O.CC(=O)O.CC[C@H](C)[C@@H]1NC(=O)[C@@H](CCCN=C(N)N)NC(=O)[C@H](CC(C)C)NC(=O)[C@H]([C@H](O)C(C)C)NC(=O)[C@@H](NC(=O)[C@H](CC(C)C)NC(=O)[C@@H](CN)Cc2ccccc2)[C@@H](c2ccccc2)OC(=O)[C@H](CO)NC(=O)[C@H]([C@H](O)C(N)=O)NC(=O)CNC(=O)[C@H]([C@H](C)O)NC1=O. The van der Waals surface area contributed by atoms with Gasteiger partial charge in [0.05, 0.1) is 31.3 Å². The maximum atomic E-state index is 15.5. The van der Waals surface area contributed by atoms with Gasteiger partial charge < -0.3 is 111 Å². The molecule has 2 aromatic carbocycles. The van der Waals surface area contributed by atoms with Crippen molar-refractivity contribution in [1.29, 1.82) is 0 Å². The van der Waals surface area contributed by atoms with Crippen LogP contribution >= 0.6 is 0 Å². The van der Waals surface area contributed by atoms with Gasteiger partial charge in [-0.05, 0) is 73.8 Å². The summed E-state index contributed by atoms with van der Waals surface area (Å²) < 4.78 is 5.96. The number of carboxylic acid groups (broad SMARTS) is 2. The number of carbonyl (C=O) groups excluding carboxylic acids is 12. The number of hydrogen-bond donors (Lipinski definition) is 20. The Hall–Kier alpha value is -9.91. The highest BCUT2D eigenvalue weighted by molar-refractivity contribution is 6.00. The Morgan fingerprint density at radius 1 is 0.627 bits per heavy atom. The Labute approximate surface area is 591 Å². The molecule has 0 saturated carbocycles. The van der Waals surface area contributed by atoms with Gasteiger partial charge >= 0.3 is 5.97 Å². The van der Waals surface area contributed by atoms with Gasteiger partial charge in [0.15, 0.2) is 24.2 Å². The average Bonchev–Trinajstić information content (AvgIpc) is 0.814. The van der Waals surface area contributed by atoms with Crippen molar-refractivity contribution in [3.05, 3.63) is 71.8 Å². The first-order valence-electron chi connectivity index (χ1n) is 33.1. The van der Waals surface area contributed by atoms with Crippen LogP contribution in [0, 0.1) is 29.6 Å². The first-order valence-corrected chi connectivity index (χ1v) is 33.1. The van der Waals surface area contributed by atoms with Crippen molar-refractivity contribution in [3.63, 3.8) is 0 Å². The summed E-state index contributed by atoms with van der Waals surface area (Å²) in [5, 5.41) is 83.3. The quantitative estimate of drug-likeness (QED) is 0.0203. The van der Waals surface area contributed by atoms with Gasteiger partial charge in [-0.25, -0.2) is 4.79 Å². The smallest absolute Gasteiger partial charge is 0.331 e. The van der Waals surface area contributed by atoms with Crippen LogP contribution in [0.25, 0.3) is 0 Å². The number of aliphatic hydroxyl groups is 4. The van der Waals surface area contributed by atoms with Crippen LogP contribution in [0.1, 0.15) is 125 Å². The molecule has 1 fully saturated rings. The molecular formula is C66H105N15O21. The van der Waals surface area contributed by atoms with Crippen LogP contribution in [0.2, 0.25) is 0 Å². The fraction of sp³-hybridized carbons (Fsp3) is 0.591. The summed E-state index contributed by atoms with van der Waals surface area (Å²) in [6.07, 6.45) is -8.13. The van der Waals surface area contributed by atoms with Gasteiger partial charge in [0, 0.05) is 26.9 Å². The number of nitrogens with two attached hydrogens (primary N) is 4. The predicted octanol–water partition coefficient (Wildman–Crippen LogP) is -4.81. The molecule has 2 aromatic rings. The van der Waals surface area contributed by atoms with E-state index in [2.05, 4.69) is 47.5 Å². The number of nitrogens with zero attached hydrogens (tertiary/aromatic N) is 1. The molecule has 1 aliphatic heterocycles. The molecule has 0 bridgehead atoms. The molecule has 24 N–H and O–H groups in total. The van der Waals surface area contributed by atoms with Crippen molar-refractivity contribution in [1.82, 2.24) is 53.2 Å². The zero-order chi connectivity index (χ0) is 77.8. The number of hydrogen-bond acceptors (Lipinski definition) is 21. The van der Waals surface area contributed by atoms with E-state index in [0.717, 1.165) is 26.3 Å². The third kappa shape index (κ3) is 32.6. The Morgan fingerprint density at radius 3 is 1.64 bits per heavy atom. The second kappa shape index (κ2) is 45.8. The molecule has 0 spiro atoms. The van der Waals surface area contributed by atoms with Gasteiger partial charge in [-0.3, -0.25) is 67.3 Å². The Kier molecular flexibility index (Phi) is 40.4. The van der Waals surface area contributed by atoms with E-state index >= 15 is 9.59 Å². The molecule has 1 saturated heterocycles. The van der Waals surface area contributed by atoms with E-state index in [-0.39, 0.29) is 75.0 Å². The fourth-order valence-corrected chi connectivity index (χ4v) is 9.83. The van der Waals surface area contributed by atoms with Crippen LogP contribution in [0.3, 0.4) is 0 Å². The zero-order valence-corrected chi connectivity index (χ0v) is 59.3. The van der Waals surface area contributed by atoms with Gasteiger partial charge in [-0.15, -0.1) is 0 Å². The van der Waals surface area contributed by atoms with Gasteiger partial charge in [-0.1, -0.05) is 122 Å². The molecule has 1 aliphatic rings. The van der Waals surface area contributed by atoms with Crippen LogP contribution in [0.4, 0.5) is 0 Å². The van der Waals surface area contributed by atoms with E-state index in [4.69, 9.17) is 47.5 Å². The molecule has 1 heterocycles. The van der Waals surface area contributed by atoms with Crippen molar-refractivity contribution in [2.24, 2.45) is 57.5 Å². The highest BCUT2D eigenvalue weighted by Gasteiger charge is 2.44. The van der Waals surface area contributed by atoms with Gasteiger partial charge in [0.25, 0.3) is 11.9 Å². The van der Waals surface area contributed by atoms with Crippen LogP contribution < -0.4 is 76.1 Å². The van der Waals surface area contributed by atoms with Crippen LogP contribution in [0.5, 0.6) is 0 Å². The summed E-state index contributed by atoms with van der Waals surface area (Å²) in [5.41, 5.74) is 23.3. The zero-order valence-electron chi connectivity index (χ0n) is 59.3. The number of carbonyl (C=O) groups is 14. The Bertz CT molecular complexity index is 3120. The summed E-state index contributed by atoms with van der Waals surface area (Å²) >= 11 is 0. The normalized spacial score (nSPS) is 22.7. The predicted molar refractivity (Wildman–Crippen MR) is 368 cm³/mol. The highest BCUT2D eigenvalue weighted by atomic mass is 16.5. The molecule has 0 unspecified atom stereocenters. The lowest BCUT2D eigenvalue weighted by atomic mass is 9.95. The summed E-state index contributed by atoms with van der Waals surface area (Å²) in [5.74, 6) is -19.6. The molecule has 36 heteroatoms. The molecule has 0 aliphatic carbocycles. The van der Waals surface area contributed by atoms with Gasteiger partial charge in [-0.2, -0.15) is 0 Å². The number of carboxylic acids is 2. The highest BCUT2D eigenvalue weighted by Crippen LogP contribution is 2.25. The molecule has 15 atom stereocenters. The minimum atomic E-state index is -2.58. The second-order valence-electron chi connectivity index (χ2n) is 25.5. The second-order valence-corrected chi connectivity index (χ2v) is 25.5. The topological polar surface area (TPSA) is 606 Å². The number of cyclic esters (lactones) is 1. The van der Waals surface area contributed by atoms with Crippen LogP contribution in [-0.2, 0) is 78.3 Å². The average molecular weight is 1440 g/mol. The monoisotopic (exact) mass is 1440 g/mol. The molecular weight excluding hydrogens is 1340 g/mol. The lowest BCUT2D eigenvalue weighted by Crippen LogP contribution is -2.64. The number of nitrogens with one attached hydrogen (secondary N) is 10. The van der Waals surface area contributed by atoms with Gasteiger partial charge in [0.2, 0.25) is 65.0 Å². The first-order chi connectivity index (χ1) is 47.7. The summed E-state index contributed by atoms with van der Waals surface area (Å²) in [7, 11) is 0. The number of aliphatic imine (C=N–C) groups is 1. The Morgan fingerprint density at radius 2 is 1.14 bits per heavy atom. The first kappa shape index (κ1) is 90.1. The molecule has 0 aromatic heterocycles. The number of rotatable bonds is 24. The lowest BCUT2D eigenvalue weighted by molar-refractivity contribution is -0.159. The molecule has 36 nitrogen and oxygen atoms in total. The van der Waals surface area contributed by atoms with E-state index < -0.39 is 193 Å². The van der Waals surface area contributed by atoms with Gasteiger partial charge in [0.1, 0.15) is 48.3 Å².